The van der Waals surface area contributed by atoms with E-state index in [0.717, 1.165) is 61.6 Å². The smallest absolute Gasteiger partial charge is 0.407 e. The molecule has 6 amide bonds. The largest absolute Gasteiger partial charge is 0.453 e. The Morgan fingerprint density at radius 3 is 1.81 bits per heavy atom. The Kier molecular flexibility index (Phi) is 13.5. The number of piperidine rings is 1. The SMILES string of the molecule is COC(=O)NC(C(=O)N1CCC[C@H]1C(=O)Nc1cncc(-c2c3c(c(-c4cccc(NC(=O)C5C6CCC(C6)N5C(=O)[C@H](NC(=O)OC)c5ccccc5)c4)c4c2C(C)(C)CC4)C(C)(C)CC3)c1)c1ccccc1. The minimum atomic E-state index is -1.03. The van der Waals surface area contributed by atoms with Crippen LogP contribution in [0.15, 0.2) is 103 Å². The number of nitrogens with zero attached hydrogens (tertiary/aromatic N) is 3. The molecule has 4 aromatic carbocycles. The molecule has 0 radical (unpaired) electrons. The number of carbonyl (C=O) groups excluding carboxylic acids is 6. The maximum absolute atomic E-state index is 14.6. The standard InChI is InChI=1S/C59H65N7O8/c1-58(2)27-25-43-46(38-30-40(33-60-32-38)62-52(67)44-21-14-28-65(44)54(69)49(63-56(71)73-5)34-15-9-7-10-16-34)48-42(24-26-59(48,3)4)45(47(43)58)36-19-13-20-39(29-36)61-53(68)51-37-22-23-41(31-37)66(51)55(70)50(64-57(72)74-6)35-17-11-8-12-18-35/h7-13,15-20,29-30,32-33,37,41,44,49-51H,14,21-28,31H2,1-6H3,(H,61,68)(H,62,67)(H,63,71)(H,64,72)/t37?,41?,44-,49?,50+,51?/m0/s1. The summed E-state index contributed by atoms with van der Waals surface area (Å²) in [5.74, 6) is -1.32. The van der Waals surface area contributed by atoms with Crippen molar-refractivity contribution in [3.05, 3.63) is 137 Å². The molecule has 2 bridgehead atoms. The highest BCUT2D eigenvalue weighted by Crippen LogP contribution is 2.57. The van der Waals surface area contributed by atoms with Gasteiger partial charge in [0.1, 0.15) is 24.2 Å². The van der Waals surface area contributed by atoms with Gasteiger partial charge < -0.3 is 40.5 Å². The fraction of sp³-hybridized carbons (Fsp3) is 0.407. The average Bonchev–Trinajstić information content (AvgIpc) is 4.26. The molecule has 4 N–H and O–H groups in total. The minimum Gasteiger partial charge on any atom is -0.453 e. The van der Waals surface area contributed by atoms with Crippen LogP contribution in [-0.2, 0) is 52.3 Å². The lowest BCUT2D eigenvalue weighted by molar-refractivity contribution is -0.142. The summed E-state index contributed by atoms with van der Waals surface area (Å²) in [6.45, 7) is 9.55. The molecular formula is C59H65N7O8. The summed E-state index contributed by atoms with van der Waals surface area (Å²) in [6.07, 6.45) is 9.02. The molecule has 3 heterocycles. The topological polar surface area (TPSA) is 188 Å². The molecule has 74 heavy (non-hydrogen) atoms. The van der Waals surface area contributed by atoms with E-state index in [9.17, 15) is 28.8 Å². The number of fused-ring (bicyclic) bond motifs is 4. The molecule has 4 unspecified atom stereocenters. The van der Waals surface area contributed by atoms with Gasteiger partial charge in [-0.25, -0.2) is 9.59 Å². The number of carbonyl (C=O) groups is 6. The number of anilines is 2. The van der Waals surface area contributed by atoms with E-state index in [0.29, 0.717) is 41.9 Å². The zero-order chi connectivity index (χ0) is 52.1. The Morgan fingerprint density at radius 2 is 1.20 bits per heavy atom. The number of aromatic nitrogens is 1. The van der Waals surface area contributed by atoms with Gasteiger partial charge in [0.05, 0.1) is 26.1 Å². The van der Waals surface area contributed by atoms with E-state index in [4.69, 9.17) is 14.5 Å². The quantitative estimate of drug-likeness (QED) is 0.0945. The molecule has 0 spiro atoms. The summed E-state index contributed by atoms with van der Waals surface area (Å²) in [4.78, 5) is 90.5. The van der Waals surface area contributed by atoms with Gasteiger partial charge in [0.2, 0.25) is 11.8 Å². The van der Waals surface area contributed by atoms with Crippen LogP contribution in [0.1, 0.15) is 118 Å². The van der Waals surface area contributed by atoms with Crippen LogP contribution in [0.4, 0.5) is 21.0 Å². The number of hydrogen-bond donors (Lipinski definition) is 4. The van der Waals surface area contributed by atoms with Crippen LogP contribution in [0, 0.1) is 5.92 Å². The molecule has 5 aromatic rings. The Labute approximate surface area is 432 Å². The van der Waals surface area contributed by atoms with E-state index < -0.39 is 42.3 Å². The number of likely N-dealkylation sites (tertiary alicyclic amines) is 2. The van der Waals surface area contributed by atoms with Crippen molar-refractivity contribution in [1.82, 2.24) is 25.4 Å². The normalized spacial score (nSPS) is 21.5. The second-order valence-corrected chi connectivity index (χ2v) is 21.8. The number of ether oxygens (including phenoxy) is 2. The van der Waals surface area contributed by atoms with E-state index >= 15 is 0 Å². The third kappa shape index (κ3) is 9.25. The Hall–Kier alpha value is -7.55. The zero-order valence-electron chi connectivity index (χ0n) is 43.0. The lowest BCUT2D eigenvalue weighted by Gasteiger charge is -2.36. The van der Waals surface area contributed by atoms with Crippen molar-refractivity contribution < 1.29 is 38.2 Å². The molecule has 15 nitrogen and oxygen atoms in total. The van der Waals surface area contributed by atoms with Gasteiger partial charge in [-0.1, -0.05) is 100 Å². The third-order valence-electron chi connectivity index (χ3n) is 16.4. The Bertz CT molecular complexity index is 3030. The van der Waals surface area contributed by atoms with E-state index in [2.05, 4.69) is 61.1 Å². The van der Waals surface area contributed by atoms with Gasteiger partial charge in [-0.15, -0.1) is 0 Å². The molecule has 6 atom stereocenters. The molecule has 1 aromatic heterocycles. The summed E-state index contributed by atoms with van der Waals surface area (Å²) < 4.78 is 9.77. The highest BCUT2D eigenvalue weighted by atomic mass is 16.5. The highest BCUT2D eigenvalue weighted by Gasteiger charge is 2.53. The molecular weight excluding hydrogens is 935 g/mol. The second kappa shape index (κ2) is 20.0. The van der Waals surface area contributed by atoms with Gasteiger partial charge in [0.15, 0.2) is 0 Å². The van der Waals surface area contributed by atoms with Crippen LogP contribution in [0.5, 0.6) is 0 Å². The monoisotopic (exact) mass is 999 g/mol. The van der Waals surface area contributed by atoms with Crippen molar-refractivity contribution in [2.24, 2.45) is 5.92 Å². The molecule has 2 saturated heterocycles. The van der Waals surface area contributed by atoms with Crippen LogP contribution < -0.4 is 21.3 Å². The predicted molar refractivity (Wildman–Crippen MR) is 281 cm³/mol. The molecule has 15 heteroatoms. The number of rotatable bonds is 12. The van der Waals surface area contributed by atoms with Crippen molar-refractivity contribution in [1.29, 1.82) is 0 Å². The van der Waals surface area contributed by atoms with Crippen LogP contribution in [0.2, 0.25) is 0 Å². The molecule has 10 rings (SSSR count). The van der Waals surface area contributed by atoms with Crippen LogP contribution in [0.3, 0.4) is 0 Å². The lowest BCUT2D eigenvalue weighted by Crippen LogP contribution is -2.54. The number of alkyl carbamates (subject to hydrolysis) is 2. The number of benzene rings is 4. The molecule has 3 fully saturated rings. The molecule has 2 aliphatic heterocycles. The van der Waals surface area contributed by atoms with E-state index in [1.165, 1.54) is 42.0 Å². The van der Waals surface area contributed by atoms with Gasteiger partial charge in [-0.05, 0) is 143 Å². The maximum atomic E-state index is 14.6. The van der Waals surface area contributed by atoms with Gasteiger partial charge in [0.25, 0.3) is 11.8 Å². The van der Waals surface area contributed by atoms with Crippen LogP contribution in [-0.4, -0.2) is 89.5 Å². The fourth-order valence-corrected chi connectivity index (χ4v) is 12.9. The van der Waals surface area contributed by atoms with E-state index in [1.807, 2.05) is 48.7 Å². The van der Waals surface area contributed by atoms with Crippen molar-refractivity contribution in [3.8, 4) is 22.3 Å². The summed E-state index contributed by atoms with van der Waals surface area (Å²) in [5, 5.41) is 11.8. The van der Waals surface area contributed by atoms with Crippen LogP contribution >= 0.6 is 0 Å². The summed E-state index contributed by atoms with van der Waals surface area (Å²) in [6, 6.07) is 24.4. The first-order valence-electron chi connectivity index (χ1n) is 25.9. The van der Waals surface area contributed by atoms with Gasteiger partial charge in [-0.3, -0.25) is 24.2 Å². The molecule has 5 aliphatic rings. The zero-order valence-corrected chi connectivity index (χ0v) is 43.0. The third-order valence-corrected chi connectivity index (χ3v) is 16.4. The molecule has 3 aliphatic carbocycles. The summed E-state index contributed by atoms with van der Waals surface area (Å²) in [7, 11) is 2.51. The minimum absolute atomic E-state index is 0.0127. The van der Waals surface area contributed by atoms with Gasteiger partial charge in [0, 0.05) is 30.0 Å². The first-order chi connectivity index (χ1) is 35.6. The number of pyridine rings is 1. The van der Waals surface area contributed by atoms with Crippen molar-refractivity contribution in [2.45, 2.75) is 127 Å². The lowest BCUT2D eigenvalue weighted by atomic mass is 9.73. The Balaban J connectivity index is 0.948. The fourth-order valence-electron chi connectivity index (χ4n) is 12.9. The average molecular weight is 1000 g/mol. The van der Waals surface area contributed by atoms with Crippen LogP contribution in [0.25, 0.3) is 22.3 Å². The second-order valence-electron chi connectivity index (χ2n) is 21.8. The first-order valence-corrected chi connectivity index (χ1v) is 25.9. The van der Waals surface area contributed by atoms with Gasteiger partial charge in [-0.2, -0.15) is 0 Å². The highest BCUT2D eigenvalue weighted by molar-refractivity contribution is 6.01. The Morgan fingerprint density at radius 1 is 0.635 bits per heavy atom. The first kappa shape index (κ1) is 50.0. The van der Waals surface area contributed by atoms with E-state index in [1.54, 1.807) is 52.4 Å². The van der Waals surface area contributed by atoms with Gasteiger partial charge >= 0.3 is 12.2 Å². The number of methoxy groups -OCH3 is 2. The summed E-state index contributed by atoms with van der Waals surface area (Å²) >= 11 is 0. The van der Waals surface area contributed by atoms with Crippen molar-refractivity contribution in [3.63, 3.8) is 0 Å². The number of hydrogen-bond acceptors (Lipinski definition) is 9. The molecule has 1 saturated carbocycles. The van der Waals surface area contributed by atoms with E-state index in [-0.39, 0.29) is 40.5 Å². The number of amides is 6. The summed E-state index contributed by atoms with van der Waals surface area (Å²) in [5.41, 5.74) is 11.2. The molecule has 384 valence electrons. The maximum Gasteiger partial charge on any atom is 0.407 e. The van der Waals surface area contributed by atoms with Crippen molar-refractivity contribution >= 4 is 47.2 Å². The van der Waals surface area contributed by atoms with Crippen molar-refractivity contribution in [2.75, 3.05) is 31.4 Å². The number of nitrogens with one attached hydrogen (secondary N) is 4. The predicted octanol–water partition coefficient (Wildman–Crippen LogP) is 9.31.